The van der Waals surface area contributed by atoms with Gasteiger partial charge in [0.25, 0.3) is 5.91 Å². The maximum absolute atomic E-state index is 11.1. The molecule has 0 radical (unpaired) electrons. The lowest BCUT2D eigenvalue weighted by molar-refractivity contribution is -0.130. The lowest BCUT2D eigenvalue weighted by Gasteiger charge is -2.01. The summed E-state index contributed by atoms with van der Waals surface area (Å²) in [6, 6.07) is 0. The third-order valence-corrected chi connectivity index (χ3v) is 1.70. The lowest BCUT2D eigenvalue weighted by Crippen LogP contribution is -2.24. The van der Waals surface area contributed by atoms with Crippen LogP contribution in [0, 0.1) is 0 Å². The Balaban J connectivity index is 2.55. The summed E-state index contributed by atoms with van der Waals surface area (Å²) in [5, 5.41) is 0. The molecule has 5 heteroatoms. The molecule has 5 nitrogen and oxygen atoms in total. The number of rotatable bonds is 4. The van der Waals surface area contributed by atoms with E-state index in [4.69, 9.17) is 0 Å². The summed E-state index contributed by atoms with van der Waals surface area (Å²) in [5.74, 6) is 0.244. The standard InChI is InChI=1S/C9H13N3O2/c1-3-7-5-10-8(11-6-7)4-9(13)12-14-2/h5-6H,3-4H2,1-2H3,(H,12,13). The first-order valence-corrected chi connectivity index (χ1v) is 4.38. The van der Waals surface area contributed by atoms with Crippen LogP contribution in [0.15, 0.2) is 12.4 Å². The Hall–Kier alpha value is -1.49. The van der Waals surface area contributed by atoms with Gasteiger partial charge in [-0.05, 0) is 12.0 Å². The zero-order chi connectivity index (χ0) is 10.4. The first kappa shape index (κ1) is 10.6. The Bertz CT molecular complexity index is 297. The molecular weight excluding hydrogens is 182 g/mol. The van der Waals surface area contributed by atoms with Crippen LogP contribution in [0.3, 0.4) is 0 Å². The smallest absolute Gasteiger partial charge is 0.251 e. The molecule has 0 aliphatic rings. The minimum Gasteiger partial charge on any atom is -0.277 e. The molecule has 0 saturated carbocycles. The van der Waals surface area contributed by atoms with E-state index < -0.39 is 0 Å². The van der Waals surface area contributed by atoms with Gasteiger partial charge in [0.15, 0.2) is 0 Å². The van der Waals surface area contributed by atoms with Crippen LogP contribution in [0.5, 0.6) is 0 Å². The van der Waals surface area contributed by atoms with Gasteiger partial charge in [-0.1, -0.05) is 6.92 Å². The fourth-order valence-electron chi connectivity index (χ4n) is 0.949. The molecule has 1 aromatic heterocycles. The molecule has 0 aliphatic carbocycles. The average molecular weight is 195 g/mol. The van der Waals surface area contributed by atoms with Crippen molar-refractivity contribution in [2.45, 2.75) is 19.8 Å². The van der Waals surface area contributed by atoms with Crippen molar-refractivity contribution in [3.63, 3.8) is 0 Å². The molecule has 0 atom stereocenters. The minimum atomic E-state index is -0.253. The molecule has 0 fully saturated rings. The van der Waals surface area contributed by atoms with Crippen molar-refractivity contribution in [3.8, 4) is 0 Å². The summed E-state index contributed by atoms with van der Waals surface area (Å²) in [6.07, 6.45) is 4.48. The molecule has 0 unspecified atom stereocenters. The van der Waals surface area contributed by atoms with E-state index in [2.05, 4.69) is 20.3 Å². The Labute approximate surface area is 82.5 Å². The molecule has 76 valence electrons. The summed E-state index contributed by atoms with van der Waals surface area (Å²) in [5.41, 5.74) is 3.26. The van der Waals surface area contributed by atoms with Gasteiger partial charge in [0, 0.05) is 12.4 Å². The molecule has 1 amide bonds. The molecular formula is C9H13N3O2. The normalized spacial score (nSPS) is 9.86. The van der Waals surface area contributed by atoms with Gasteiger partial charge in [0.05, 0.1) is 13.5 Å². The van der Waals surface area contributed by atoms with Crippen LogP contribution in [0.4, 0.5) is 0 Å². The zero-order valence-electron chi connectivity index (χ0n) is 8.28. The highest BCUT2D eigenvalue weighted by molar-refractivity contribution is 5.76. The predicted molar refractivity (Wildman–Crippen MR) is 50.3 cm³/mol. The molecule has 14 heavy (non-hydrogen) atoms. The van der Waals surface area contributed by atoms with Crippen LogP contribution < -0.4 is 5.48 Å². The van der Waals surface area contributed by atoms with E-state index in [1.165, 1.54) is 7.11 Å². The van der Waals surface area contributed by atoms with Crippen molar-refractivity contribution >= 4 is 5.91 Å². The molecule has 0 saturated heterocycles. The van der Waals surface area contributed by atoms with Gasteiger partial charge in [-0.15, -0.1) is 0 Å². The number of aryl methyl sites for hydroxylation is 1. The fourth-order valence-corrected chi connectivity index (χ4v) is 0.949. The lowest BCUT2D eigenvalue weighted by atomic mass is 10.3. The van der Waals surface area contributed by atoms with Gasteiger partial charge in [0.1, 0.15) is 5.82 Å². The highest BCUT2D eigenvalue weighted by Gasteiger charge is 2.04. The number of aromatic nitrogens is 2. The van der Waals surface area contributed by atoms with E-state index in [1.807, 2.05) is 6.92 Å². The molecule has 1 aromatic rings. The van der Waals surface area contributed by atoms with Crippen LogP contribution in [0.25, 0.3) is 0 Å². The second kappa shape index (κ2) is 5.29. The number of hydroxylamine groups is 1. The van der Waals surface area contributed by atoms with E-state index in [0.717, 1.165) is 12.0 Å². The van der Waals surface area contributed by atoms with E-state index in [9.17, 15) is 4.79 Å². The summed E-state index contributed by atoms with van der Waals surface area (Å²) in [7, 11) is 1.39. The number of hydrogen-bond donors (Lipinski definition) is 1. The van der Waals surface area contributed by atoms with E-state index in [-0.39, 0.29) is 12.3 Å². The molecule has 1 heterocycles. The number of nitrogens with zero attached hydrogens (tertiary/aromatic N) is 2. The van der Waals surface area contributed by atoms with Crippen molar-refractivity contribution < 1.29 is 9.63 Å². The van der Waals surface area contributed by atoms with E-state index in [1.54, 1.807) is 12.4 Å². The number of carbonyl (C=O) groups excluding carboxylic acids is 1. The fraction of sp³-hybridized carbons (Fsp3) is 0.444. The summed E-state index contributed by atoms with van der Waals surface area (Å²) >= 11 is 0. The van der Waals surface area contributed by atoms with Crippen molar-refractivity contribution in [2.75, 3.05) is 7.11 Å². The molecule has 1 rings (SSSR count). The largest absolute Gasteiger partial charge is 0.277 e. The maximum atomic E-state index is 11.1. The first-order valence-electron chi connectivity index (χ1n) is 4.38. The van der Waals surface area contributed by atoms with Gasteiger partial charge in [-0.25, -0.2) is 15.4 Å². The molecule has 0 aromatic carbocycles. The summed E-state index contributed by atoms with van der Waals surface area (Å²) in [4.78, 5) is 23.6. The zero-order valence-corrected chi connectivity index (χ0v) is 8.28. The number of carbonyl (C=O) groups is 1. The van der Waals surface area contributed by atoms with Crippen molar-refractivity contribution in [1.29, 1.82) is 0 Å². The molecule has 0 spiro atoms. The molecule has 0 bridgehead atoms. The van der Waals surface area contributed by atoms with Crippen molar-refractivity contribution in [3.05, 3.63) is 23.8 Å². The first-order chi connectivity index (χ1) is 6.76. The minimum absolute atomic E-state index is 0.137. The van der Waals surface area contributed by atoms with E-state index >= 15 is 0 Å². The second-order valence-electron chi connectivity index (χ2n) is 2.77. The highest BCUT2D eigenvalue weighted by Crippen LogP contribution is 1.97. The Morgan fingerprint density at radius 1 is 1.50 bits per heavy atom. The molecule has 1 N–H and O–H groups in total. The van der Waals surface area contributed by atoms with Gasteiger partial charge >= 0.3 is 0 Å². The summed E-state index contributed by atoms with van der Waals surface area (Å²) < 4.78 is 0. The quantitative estimate of drug-likeness (QED) is 0.700. The third kappa shape index (κ3) is 3.10. The maximum Gasteiger partial charge on any atom is 0.251 e. The predicted octanol–water partition coefficient (Wildman–Crippen LogP) is 0.259. The van der Waals surface area contributed by atoms with Crippen LogP contribution in [-0.2, 0) is 22.5 Å². The Morgan fingerprint density at radius 3 is 2.64 bits per heavy atom. The highest BCUT2D eigenvalue weighted by atomic mass is 16.6. The summed E-state index contributed by atoms with van der Waals surface area (Å²) in [6.45, 7) is 2.02. The van der Waals surface area contributed by atoms with Gasteiger partial charge in [0.2, 0.25) is 0 Å². The van der Waals surface area contributed by atoms with Crippen LogP contribution in [0.2, 0.25) is 0 Å². The van der Waals surface area contributed by atoms with Crippen LogP contribution in [0.1, 0.15) is 18.3 Å². The third-order valence-electron chi connectivity index (χ3n) is 1.70. The van der Waals surface area contributed by atoms with Crippen LogP contribution >= 0.6 is 0 Å². The van der Waals surface area contributed by atoms with Gasteiger partial charge in [-0.2, -0.15) is 0 Å². The van der Waals surface area contributed by atoms with Crippen molar-refractivity contribution in [1.82, 2.24) is 15.4 Å². The number of nitrogens with one attached hydrogen (secondary N) is 1. The number of amides is 1. The van der Waals surface area contributed by atoms with Gasteiger partial charge in [-0.3, -0.25) is 9.63 Å². The monoisotopic (exact) mass is 195 g/mol. The second-order valence-corrected chi connectivity index (χ2v) is 2.77. The SMILES string of the molecule is CCc1cnc(CC(=O)NOC)nc1. The van der Waals surface area contributed by atoms with E-state index in [0.29, 0.717) is 5.82 Å². The molecule has 0 aliphatic heterocycles. The average Bonchev–Trinajstić information content (AvgIpc) is 2.19. The van der Waals surface area contributed by atoms with Crippen LogP contribution in [-0.4, -0.2) is 23.0 Å². The topological polar surface area (TPSA) is 64.1 Å². The number of hydrogen-bond acceptors (Lipinski definition) is 4. The Morgan fingerprint density at radius 2 is 2.14 bits per heavy atom. The van der Waals surface area contributed by atoms with Crippen molar-refractivity contribution in [2.24, 2.45) is 0 Å². The Kier molecular flexibility index (Phi) is 4.00. The van der Waals surface area contributed by atoms with Gasteiger partial charge < -0.3 is 0 Å².